The Hall–Kier alpha value is -3.81. The first-order valence-corrected chi connectivity index (χ1v) is 7.98. The number of amides is 1. The number of aryl methyl sites for hydroxylation is 1. The molecule has 0 bridgehead atoms. The number of nitrogens with zero attached hydrogens (tertiary/aromatic N) is 5. The van der Waals surface area contributed by atoms with Crippen molar-refractivity contribution in [3.63, 3.8) is 0 Å². The van der Waals surface area contributed by atoms with Gasteiger partial charge in [-0.15, -0.1) is 5.10 Å². The third kappa shape index (κ3) is 3.07. The van der Waals surface area contributed by atoms with Crippen LogP contribution < -0.4 is 5.32 Å². The number of tetrazole rings is 1. The first-order valence-electron chi connectivity index (χ1n) is 7.98. The number of aromatic nitrogens is 6. The van der Waals surface area contributed by atoms with Gasteiger partial charge in [-0.05, 0) is 35.5 Å². The zero-order valence-corrected chi connectivity index (χ0v) is 13.9. The zero-order valence-electron chi connectivity index (χ0n) is 13.9. The summed E-state index contributed by atoms with van der Waals surface area (Å²) in [7, 11) is 0. The number of carbonyl (C=O) groups is 1. The van der Waals surface area contributed by atoms with Gasteiger partial charge in [-0.25, -0.2) is 4.98 Å². The number of nitrogens with one attached hydrogen (secondary N) is 2. The Kier molecular flexibility index (Phi) is 3.98. The molecule has 0 aliphatic heterocycles. The fourth-order valence-electron chi connectivity index (χ4n) is 2.56. The Bertz CT molecular complexity index is 1050. The van der Waals surface area contributed by atoms with Crippen LogP contribution in [-0.2, 0) is 0 Å². The number of hydrogen-bond donors (Lipinski definition) is 2. The maximum atomic E-state index is 12.5. The van der Waals surface area contributed by atoms with Crippen molar-refractivity contribution >= 4 is 11.6 Å². The summed E-state index contributed by atoms with van der Waals surface area (Å²) in [6.45, 7) is 1.81. The third-order valence-corrected chi connectivity index (χ3v) is 3.84. The minimum atomic E-state index is -0.273. The average molecular weight is 345 g/mol. The largest absolute Gasteiger partial charge is 0.334 e. The number of aromatic amines is 1. The maximum Gasteiger partial charge on any atom is 0.273 e. The van der Waals surface area contributed by atoms with Crippen molar-refractivity contribution < 1.29 is 4.79 Å². The quantitative estimate of drug-likeness (QED) is 0.592. The predicted octanol–water partition coefficient (Wildman–Crippen LogP) is 2.61. The first kappa shape index (κ1) is 15.7. The van der Waals surface area contributed by atoms with Crippen molar-refractivity contribution in [2.45, 2.75) is 6.92 Å². The zero-order chi connectivity index (χ0) is 17.9. The number of imidazole rings is 1. The van der Waals surface area contributed by atoms with E-state index < -0.39 is 0 Å². The number of H-pyrrole nitrogens is 1. The summed E-state index contributed by atoms with van der Waals surface area (Å²) >= 11 is 0. The van der Waals surface area contributed by atoms with Crippen LogP contribution in [-0.4, -0.2) is 36.1 Å². The van der Waals surface area contributed by atoms with Crippen molar-refractivity contribution in [1.82, 2.24) is 30.2 Å². The van der Waals surface area contributed by atoms with Gasteiger partial charge in [0.2, 0.25) is 0 Å². The van der Waals surface area contributed by atoms with Crippen molar-refractivity contribution in [2.75, 3.05) is 5.32 Å². The lowest BCUT2D eigenvalue weighted by molar-refractivity contribution is 0.102. The van der Waals surface area contributed by atoms with Gasteiger partial charge in [0.1, 0.15) is 11.5 Å². The summed E-state index contributed by atoms with van der Waals surface area (Å²) in [5, 5.41) is 14.3. The fraction of sp³-hybridized carbons (Fsp3) is 0.0556. The molecule has 128 valence electrons. The van der Waals surface area contributed by atoms with Crippen LogP contribution in [0.15, 0.2) is 60.8 Å². The highest BCUT2D eigenvalue weighted by Crippen LogP contribution is 2.17. The van der Waals surface area contributed by atoms with E-state index in [-0.39, 0.29) is 5.91 Å². The lowest BCUT2D eigenvalue weighted by Gasteiger charge is -2.07. The molecule has 8 heteroatoms. The van der Waals surface area contributed by atoms with Crippen LogP contribution in [0.3, 0.4) is 0 Å². The molecule has 8 nitrogen and oxygen atoms in total. The summed E-state index contributed by atoms with van der Waals surface area (Å²) in [5.41, 5.74) is 2.70. The van der Waals surface area contributed by atoms with Crippen LogP contribution in [0.2, 0.25) is 0 Å². The van der Waals surface area contributed by atoms with Gasteiger partial charge in [0, 0.05) is 11.3 Å². The second-order valence-electron chi connectivity index (χ2n) is 5.65. The van der Waals surface area contributed by atoms with Gasteiger partial charge >= 0.3 is 0 Å². The molecular formula is C18H15N7O. The van der Waals surface area contributed by atoms with Crippen molar-refractivity contribution in [1.29, 1.82) is 0 Å². The lowest BCUT2D eigenvalue weighted by atomic mass is 10.2. The summed E-state index contributed by atoms with van der Waals surface area (Å²) in [5.74, 6) is 1.04. The molecule has 0 spiro atoms. The molecule has 0 aliphatic rings. The molecule has 2 aromatic heterocycles. The van der Waals surface area contributed by atoms with Crippen molar-refractivity contribution in [2.24, 2.45) is 0 Å². The van der Waals surface area contributed by atoms with Gasteiger partial charge in [0.05, 0.1) is 11.9 Å². The van der Waals surface area contributed by atoms with Crippen molar-refractivity contribution in [3.05, 3.63) is 72.3 Å². The Morgan fingerprint density at radius 2 is 1.96 bits per heavy atom. The number of carbonyl (C=O) groups excluding carboxylic acids is 1. The topological polar surface area (TPSA) is 101 Å². The van der Waals surface area contributed by atoms with Gasteiger partial charge in [0.15, 0.2) is 5.82 Å². The van der Waals surface area contributed by atoms with Crippen LogP contribution in [0, 0.1) is 6.92 Å². The molecule has 26 heavy (non-hydrogen) atoms. The molecule has 4 rings (SSSR count). The second-order valence-corrected chi connectivity index (χ2v) is 5.65. The number of rotatable bonds is 4. The minimum absolute atomic E-state index is 0.273. The van der Waals surface area contributed by atoms with E-state index in [0.717, 1.165) is 11.3 Å². The van der Waals surface area contributed by atoms with Crippen molar-refractivity contribution in [3.8, 4) is 17.1 Å². The summed E-state index contributed by atoms with van der Waals surface area (Å²) in [4.78, 5) is 19.8. The van der Waals surface area contributed by atoms with Crippen LogP contribution in [0.25, 0.3) is 17.1 Å². The Labute approximate surface area is 148 Å². The third-order valence-electron chi connectivity index (χ3n) is 3.84. The van der Waals surface area contributed by atoms with Gasteiger partial charge < -0.3 is 10.3 Å². The molecule has 0 fully saturated rings. The Morgan fingerprint density at radius 1 is 1.12 bits per heavy atom. The standard InChI is InChI=1S/C18H15N7O/c1-12-22-23-24-25(12)15-9-5-8-14(10-15)20-18(26)16-11-19-17(21-16)13-6-3-2-4-7-13/h2-11H,1H3,(H,19,21)(H,20,26). The number of benzene rings is 2. The van der Waals surface area contributed by atoms with Gasteiger partial charge in [-0.1, -0.05) is 36.4 Å². The molecular weight excluding hydrogens is 330 g/mol. The molecule has 2 heterocycles. The Balaban J connectivity index is 1.54. The highest BCUT2D eigenvalue weighted by atomic mass is 16.1. The lowest BCUT2D eigenvalue weighted by Crippen LogP contribution is -2.12. The van der Waals surface area contributed by atoms with E-state index in [9.17, 15) is 4.79 Å². The van der Waals surface area contributed by atoms with Crippen LogP contribution >= 0.6 is 0 Å². The van der Waals surface area contributed by atoms with Crippen LogP contribution in [0.5, 0.6) is 0 Å². The van der Waals surface area contributed by atoms with Crippen LogP contribution in [0.4, 0.5) is 5.69 Å². The summed E-state index contributed by atoms with van der Waals surface area (Å²) in [6.07, 6.45) is 1.52. The molecule has 0 unspecified atom stereocenters. The number of anilines is 1. The second kappa shape index (κ2) is 6.60. The highest BCUT2D eigenvalue weighted by Gasteiger charge is 2.12. The van der Waals surface area contributed by atoms with E-state index in [1.807, 2.05) is 42.5 Å². The van der Waals surface area contributed by atoms with E-state index in [2.05, 4.69) is 30.8 Å². The summed E-state index contributed by atoms with van der Waals surface area (Å²) < 4.78 is 1.60. The predicted molar refractivity (Wildman–Crippen MR) is 95.9 cm³/mol. The van der Waals surface area contributed by atoms with E-state index in [4.69, 9.17) is 0 Å². The average Bonchev–Trinajstić information content (AvgIpc) is 3.32. The van der Waals surface area contributed by atoms with Gasteiger partial charge in [0.25, 0.3) is 5.91 Å². The molecule has 0 radical (unpaired) electrons. The molecule has 0 saturated carbocycles. The normalized spacial score (nSPS) is 10.7. The molecule has 0 saturated heterocycles. The maximum absolute atomic E-state index is 12.5. The van der Waals surface area contributed by atoms with Crippen LogP contribution in [0.1, 0.15) is 16.3 Å². The molecule has 4 aromatic rings. The fourth-order valence-corrected chi connectivity index (χ4v) is 2.56. The SMILES string of the molecule is Cc1nnnn1-c1cccc(NC(=O)c2cnc(-c3ccccc3)[nH]2)c1. The monoisotopic (exact) mass is 345 g/mol. The van der Waals surface area contributed by atoms with Gasteiger partial charge in [-0.2, -0.15) is 4.68 Å². The Morgan fingerprint density at radius 3 is 2.73 bits per heavy atom. The first-order chi connectivity index (χ1) is 12.7. The highest BCUT2D eigenvalue weighted by molar-refractivity contribution is 6.03. The number of hydrogen-bond acceptors (Lipinski definition) is 5. The van der Waals surface area contributed by atoms with E-state index in [1.54, 1.807) is 23.7 Å². The summed E-state index contributed by atoms with van der Waals surface area (Å²) in [6, 6.07) is 16.9. The molecule has 0 aliphatic carbocycles. The molecule has 2 N–H and O–H groups in total. The van der Waals surface area contributed by atoms with E-state index >= 15 is 0 Å². The smallest absolute Gasteiger partial charge is 0.273 e. The minimum Gasteiger partial charge on any atom is -0.334 e. The molecule has 0 atom stereocenters. The molecule has 2 aromatic carbocycles. The molecule has 1 amide bonds. The van der Waals surface area contributed by atoms with E-state index in [1.165, 1.54) is 6.20 Å². The van der Waals surface area contributed by atoms with Gasteiger partial charge in [-0.3, -0.25) is 4.79 Å². The van der Waals surface area contributed by atoms with E-state index in [0.29, 0.717) is 23.0 Å².